The van der Waals surface area contributed by atoms with Gasteiger partial charge in [0.05, 0.1) is 5.56 Å². The van der Waals surface area contributed by atoms with Gasteiger partial charge in [0.15, 0.2) is 0 Å². The summed E-state index contributed by atoms with van der Waals surface area (Å²) in [4.78, 5) is 0. The molecule has 0 saturated heterocycles. The molecule has 2 rings (SSSR count). The maximum atomic E-state index is 13.9. The Hall–Kier alpha value is -1.10. The second-order valence-corrected chi connectivity index (χ2v) is 4.69. The summed E-state index contributed by atoms with van der Waals surface area (Å²) in [6.07, 6.45) is -3.63. The molecule has 1 aliphatic carbocycles. The molecular formula is C12H13F4N. The minimum absolute atomic E-state index is 0.116. The molecule has 5 heteroatoms. The van der Waals surface area contributed by atoms with Crippen molar-refractivity contribution in [1.29, 1.82) is 0 Å². The molecule has 0 aliphatic heterocycles. The second kappa shape index (κ2) is 3.98. The van der Waals surface area contributed by atoms with Crippen molar-refractivity contribution in [2.75, 3.05) is 0 Å². The second-order valence-electron chi connectivity index (χ2n) is 4.69. The Morgan fingerprint density at radius 2 is 1.71 bits per heavy atom. The quantitative estimate of drug-likeness (QED) is 0.798. The molecule has 1 aromatic carbocycles. The van der Waals surface area contributed by atoms with Gasteiger partial charge >= 0.3 is 6.18 Å². The summed E-state index contributed by atoms with van der Waals surface area (Å²) in [6.45, 7) is 0. The van der Waals surface area contributed by atoms with Gasteiger partial charge in [-0.3, -0.25) is 0 Å². The first-order valence-electron chi connectivity index (χ1n) is 5.39. The van der Waals surface area contributed by atoms with Crippen LogP contribution in [0, 0.1) is 0 Å². The minimum atomic E-state index is -4.34. The molecule has 1 aromatic rings. The van der Waals surface area contributed by atoms with Crippen LogP contribution in [-0.4, -0.2) is 11.7 Å². The third kappa shape index (κ3) is 2.77. The van der Waals surface area contributed by atoms with Crippen LogP contribution in [0.15, 0.2) is 24.3 Å². The number of hydrogen-bond donors (Lipinski definition) is 1. The van der Waals surface area contributed by atoms with E-state index in [1.54, 1.807) is 0 Å². The first-order chi connectivity index (χ1) is 7.78. The normalized spacial score (nSPS) is 28.9. The highest BCUT2D eigenvalue weighted by atomic mass is 19.4. The first kappa shape index (κ1) is 12.4. The fourth-order valence-corrected chi connectivity index (χ4v) is 2.20. The summed E-state index contributed by atoms with van der Waals surface area (Å²) in [7, 11) is 0. The van der Waals surface area contributed by atoms with E-state index >= 15 is 0 Å². The van der Waals surface area contributed by atoms with Crippen molar-refractivity contribution in [3.63, 3.8) is 0 Å². The molecule has 0 aromatic heterocycles. The lowest BCUT2D eigenvalue weighted by atomic mass is 9.74. The molecule has 1 saturated carbocycles. The molecule has 1 nitrogen and oxygen atoms in total. The van der Waals surface area contributed by atoms with Crippen LogP contribution in [-0.2, 0) is 12.6 Å². The molecular weight excluding hydrogens is 234 g/mol. The Morgan fingerprint density at radius 1 is 1.18 bits per heavy atom. The number of benzene rings is 1. The predicted molar refractivity (Wildman–Crippen MR) is 56.2 cm³/mol. The van der Waals surface area contributed by atoms with Gasteiger partial charge in [-0.15, -0.1) is 0 Å². The van der Waals surface area contributed by atoms with Crippen molar-refractivity contribution >= 4 is 0 Å². The molecule has 0 amide bonds. The van der Waals surface area contributed by atoms with Gasteiger partial charge in [-0.2, -0.15) is 13.2 Å². The number of alkyl halides is 4. The summed E-state index contributed by atoms with van der Waals surface area (Å²) in [6, 6.07) is 4.51. The Bertz CT molecular complexity index is 390. The van der Waals surface area contributed by atoms with E-state index in [4.69, 9.17) is 5.73 Å². The molecule has 0 spiro atoms. The third-order valence-corrected chi connectivity index (χ3v) is 3.06. The minimum Gasteiger partial charge on any atom is -0.327 e. The highest BCUT2D eigenvalue weighted by Crippen LogP contribution is 2.38. The average molecular weight is 247 g/mol. The van der Waals surface area contributed by atoms with E-state index < -0.39 is 17.4 Å². The highest BCUT2D eigenvalue weighted by Gasteiger charge is 2.42. The van der Waals surface area contributed by atoms with E-state index in [1.807, 2.05) is 0 Å². The van der Waals surface area contributed by atoms with Crippen molar-refractivity contribution in [3.8, 4) is 0 Å². The van der Waals surface area contributed by atoms with Crippen LogP contribution < -0.4 is 5.73 Å². The molecule has 17 heavy (non-hydrogen) atoms. The maximum Gasteiger partial charge on any atom is 0.416 e. The standard InChI is InChI=1S/C12H13F4N/c13-11(6-10(17)7-11)5-8-1-3-9(4-2-8)12(14,15)16/h1-4,10H,5-7,17H2. The zero-order valence-corrected chi connectivity index (χ0v) is 9.10. The molecule has 0 unspecified atom stereocenters. The van der Waals surface area contributed by atoms with E-state index in [-0.39, 0.29) is 25.3 Å². The van der Waals surface area contributed by atoms with Gasteiger partial charge in [0, 0.05) is 12.5 Å². The lowest BCUT2D eigenvalue weighted by Gasteiger charge is -2.39. The van der Waals surface area contributed by atoms with Crippen molar-refractivity contribution in [2.45, 2.75) is 37.1 Å². The van der Waals surface area contributed by atoms with E-state index in [0.717, 1.165) is 12.1 Å². The van der Waals surface area contributed by atoms with Crippen LogP contribution in [0.5, 0.6) is 0 Å². The van der Waals surface area contributed by atoms with Gasteiger partial charge in [-0.05, 0) is 30.5 Å². The topological polar surface area (TPSA) is 26.0 Å². The van der Waals surface area contributed by atoms with Crippen LogP contribution in [0.3, 0.4) is 0 Å². The summed E-state index contributed by atoms with van der Waals surface area (Å²) < 4.78 is 50.8. The Kier molecular flexibility index (Phi) is 2.89. The fraction of sp³-hybridized carbons (Fsp3) is 0.500. The SMILES string of the molecule is NC1CC(F)(Cc2ccc(C(F)(F)F)cc2)C1. The van der Waals surface area contributed by atoms with Gasteiger partial charge in [-0.25, -0.2) is 4.39 Å². The van der Waals surface area contributed by atoms with Gasteiger partial charge in [0.2, 0.25) is 0 Å². The first-order valence-corrected chi connectivity index (χ1v) is 5.39. The van der Waals surface area contributed by atoms with Crippen molar-refractivity contribution in [3.05, 3.63) is 35.4 Å². The van der Waals surface area contributed by atoms with Crippen LogP contribution in [0.25, 0.3) is 0 Å². The van der Waals surface area contributed by atoms with Crippen molar-refractivity contribution < 1.29 is 17.6 Å². The molecule has 0 radical (unpaired) electrons. The molecule has 0 bridgehead atoms. The fourth-order valence-electron chi connectivity index (χ4n) is 2.20. The summed E-state index contributed by atoms with van der Waals surface area (Å²) >= 11 is 0. The zero-order chi connectivity index (χ0) is 12.7. The van der Waals surface area contributed by atoms with Crippen LogP contribution in [0.2, 0.25) is 0 Å². The molecule has 1 aliphatic rings. The number of nitrogens with two attached hydrogens (primary N) is 1. The number of halogens is 4. The average Bonchev–Trinajstić information content (AvgIpc) is 2.14. The summed E-state index contributed by atoms with van der Waals surface area (Å²) in [5.74, 6) is 0. The van der Waals surface area contributed by atoms with E-state index in [2.05, 4.69) is 0 Å². The summed E-state index contributed by atoms with van der Waals surface area (Å²) in [5, 5.41) is 0. The van der Waals surface area contributed by atoms with Crippen LogP contribution in [0.1, 0.15) is 24.0 Å². The smallest absolute Gasteiger partial charge is 0.327 e. The van der Waals surface area contributed by atoms with Gasteiger partial charge in [0.1, 0.15) is 5.67 Å². The van der Waals surface area contributed by atoms with Crippen molar-refractivity contribution in [1.82, 2.24) is 0 Å². The van der Waals surface area contributed by atoms with E-state index in [1.165, 1.54) is 12.1 Å². The Labute approximate surface area is 96.6 Å². The third-order valence-electron chi connectivity index (χ3n) is 3.06. The van der Waals surface area contributed by atoms with E-state index in [9.17, 15) is 17.6 Å². The largest absolute Gasteiger partial charge is 0.416 e. The maximum absolute atomic E-state index is 13.9. The number of rotatable bonds is 2. The summed E-state index contributed by atoms with van der Waals surface area (Å²) in [5.41, 5.74) is 4.03. The van der Waals surface area contributed by atoms with Gasteiger partial charge in [0.25, 0.3) is 0 Å². The van der Waals surface area contributed by atoms with Gasteiger partial charge < -0.3 is 5.73 Å². The molecule has 0 heterocycles. The van der Waals surface area contributed by atoms with E-state index in [0.29, 0.717) is 5.56 Å². The molecule has 1 fully saturated rings. The van der Waals surface area contributed by atoms with Gasteiger partial charge in [-0.1, -0.05) is 12.1 Å². The Morgan fingerprint density at radius 3 is 2.12 bits per heavy atom. The zero-order valence-electron chi connectivity index (χ0n) is 9.10. The predicted octanol–water partition coefficient (Wildman–Crippen LogP) is 3.08. The molecule has 94 valence electrons. The number of hydrogen-bond acceptors (Lipinski definition) is 1. The highest BCUT2D eigenvalue weighted by molar-refractivity contribution is 5.26. The Balaban J connectivity index is 2.04. The monoisotopic (exact) mass is 247 g/mol. The van der Waals surface area contributed by atoms with Crippen LogP contribution >= 0.6 is 0 Å². The van der Waals surface area contributed by atoms with Crippen LogP contribution in [0.4, 0.5) is 17.6 Å². The molecule has 2 N–H and O–H groups in total. The molecule has 0 atom stereocenters. The lowest BCUT2D eigenvalue weighted by Crippen LogP contribution is -2.49. The lowest BCUT2D eigenvalue weighted by molar-refractivity contribution is -0.137. The van der Waals surface area contributed by atoms with Crippen molar-refractivity contribution in [2.24, 2.45) is 5.73 Å².